The van der Waals surface area contributed by atoms with Crippen LogP contribution in [0.25, 0.3) is 0 Å². The van der Waals surface area contributed by atoms with Crippen LogP contribution in [0.1, 0.15) is 13.8 Å². The summed E-state index contributed by atoms with van der Waals surface area (Å²) in [5.41, 5.74) is -0.224. The van der Waals surface area contributed by atoms with Gasteiger partial charge >= 0.3 is 0 Å². The van der Waals surface area contributed by atoms with E-state index in [9.17, 15) is 0 Å². The molecule has 1 fully saturated rings. The highest BCUT2D eigenvalue weighted by Crippen LogP contribution is 2.28. The molecule has 0 radical (unpaired) electrons. The average Bonchev–Trinajstić information content (AvgIpc) is 2.55. The van der Waals surface area contributed by atoms with E-state index >= 15 is 0 Å². The third-order valence-electron chi connectivity index (χ3n) is 2.19. The Morgan fingerprint density at radius 1 is 1.50 bits per heavy atom. The Morgan fingerprint density at radius 2 is 2.33 bits per heavy atom. The second-order valence-corrected chi connectivity index (χ2v) is 3.40. The first-order chi connectivity index (χ1) is 5.70. The summed E-state index contributed by atoms with van der Waals surface area (Å²) < 4.78 is 10.8. The van der Waals surface area contributed by atoms with Crippen molar-refractivity contribution in [1.29, 1.82) is 0 Å². The second-order valence-electron chi connectivity index (χ2n) is 3.40. The fraction of sp³-hybridized carbons (Fsp3) is 0.556. The molecule has 1 aliphatic heterocycles. The van der Waals surface area contributed by atoms with Gasteiger partial charge in [-0.25, -0.2) is 0 Å². The molecule has 1 aromatic heterocycles. The lowest BCUT2D eigenvalue weighted by atomic mass is 10.3. The SMILES string of the molecule is CC1(C)OCCN1c1ccco1. The van der Waals surface area contributed by atoms with Gasteiger partial charge in [-0.3, -0.25) is 0 Å². The van der Waals surface area contributed by atoms with Crippen molar-refractivity contribution in [3.8, 4) is 0 Å². The van der Waals surface area contributed by atoms with E-state index in [2.05, 4.69) is 4.90 Å². The number of rotatable bonds is 1. The molecule has 0 atom stereocenters. The van der Waals surface area contributed by atoms with Crippen molar-refractivity contribution in [1.82, 2.24) is 0 Å². The molecule has 0 unspecified atom stereocenters. The van der Waals surface area contributed by atoms with Gasteiger partial charge in [-0.05, 0) is 19.9 Å². The lowest BCUT2D eigenvalue weighted by Crippen LogP contribution is -2.38. The number of hydrogen-bond donors (Lipinski definition) is 0. The zero-order chi connectivity index (χ0) is 8.60. The van der Waals surface area contributed by atoms with E-state index in [0.717, 1.165) is 19.0 Å². The Balaban J connectivity index is 2.25. The maximum absolute atomic E-state index is 5.54. The maximum atomic E-state index is 5.54. The zero-order valence-corrected chi connectivity index (χ0v) is 7.41. The van der Waals surface area contributed by atoms with Gasteiger partial charge in [0.05, 0.1) is 12.9 Å². The summed E-state index contributed by atoms with van der Waals surface area (Å²) in [6, 6.07) is 3.85. The van der Waals surface area contributed by atoms with Crippen molar-refractivity contribution in [3.05, 3.63) is 18.4 Å². The molecule has 3 heteroatoms. The summed E-state index contributed by atoms with van der Waals surface area (Å²) in [5, 5.41) is 0. The summed E-state index contributed by atoms with van der Waals surface area (Å²) in [6.07, 6.45) is 1.68. The van der Waals surface area contributed by atoms with Crippen LogP contribution in [0.4, 0.5) is 5.88 Å². The fourth-order valence-corrected chi connectivity index (χ4v) is 1.53. The van der Waals surface area contributed by atoms with Gasteiger partial charge in [-0.1, -0.05) is 0 Å². The van der Waals surface area contributed by atoms with Crippen molar-refractivity contribution < 1.29 is 9.15 Å². The molecular formula is C9H13NO2. The minimum Gasteiger partial charge on any atom is -0.449 e. The second kappa shape index (κ2) is 2.52. The van der Waals surface area contributed by atoms with Gasteiger partial charge in [0, 0.05) is 12.6 Å². The molecule has 0 bridgehead atoms. The first kappa shape index (κ1) is 7.68. The molecule has 0 saturated carbocycles. The van der Waals surface area contributed by atoms with E-state index in [-0.39, 0.29) is 5.72 Å². The Bertz CT molecular complexity index is 254. The molecule has 0 amide bonds. The standard InChI is InChI=1S/C9H13NO2/c1-9(2)10(5-7-12-9)8-4-3-6-11-8/h3-4,6H,5,7H2,1-2H3. The number of anilines is 1. The average molecular weight is 167 g/mol. The Kier molecular flexibility index (Phi) is 1.61. The van der Waals surface area contributed by atoms with Crippen molar-refractivity contribution in [2.45, 2.75) is 19.6 Å². The zero-order valence-electron chi connectivity index (χ0n) is 7.41. The first-order valence-electron chi connectivity index (χ1n) is 4.15. The smallest absolute Gasteiger partial charge is 0.197 e. The van der Waals surface area contributed by atoms with E-state index in [1.165, 1.54) is 0 Å². The quantitative estimate of drug-likeness (QED) is 0.638. The van der Waals surface area contributed by atoms with Gasteiger partial charge in [-0.15, -0.1) is 0 Å². The molecule has 1 aromatic rings. The normalized spacial score (nSPS) is 21.7. The van der Waals surface area contributed by atoms with Crippen molar-refractivity contribution in [3.63, 3.8) is 0 Å². The van der Waals surface area contributed by atoms with E-state index in [4.69, 9.17) is 9.15 Å². The van der Waals surface area contributed by atoms with Gasteiger partial charge in [0.2, 0.25) is 0 Å². The molecule has 0 spiro atoms. The number of hydrogen-bond acceptors (Lipinski definition) is 3. The van der Waals surface area contributed by atoms with Crippen LogP contribution >= 0.6 is 0 Å². The molecular weight excluding hydrogens is 154 g/mol. The van der Waals surface area contributed by atoms with Crippen LogP contribution in [-0.2, 0) is 4.74 Å². The topological polar surface area (TPSA) is 25.6 Å². The lowest BCUT2D eigenvalue weighted by Gasteiger charge is -2.29. The van der Waals surface area contributed by atoms with Crippen LogP contribution in [0, 0.1) is 0 Å². The summed E-state index contributed by atoms with van der Waals surface area (Å²) in [4.78, 5) is 2.12. The fourth-order valence-electron chi connectivity index (χ4n) is 1.53. The monoisotopic (exact) mass is 167 g/mol. The van der Waals surface area contributed by atoms with Gasteiger partial charge in [0.25, 0.3) is 0 Å². The number of ether oxygens (including phenoxy) is 1. The van der Waals surface area contributed by atoms with E-state index in [1.807, 2.05) is 26.0 Å². The molecule has 2 rings (SSSR count). The molecule has 0 aromatic carbocycles. The minimum atomic E-state index is -0.224. The summed E-state index contributed by atoms with van der Waals surface area (Å²) in [6.45, 7) is 5.76. The molecule has 1 saturated heterocycles. The summed E-state index contributed by atoms with van der Waals surface area (Å²) in [5.74, 6) is 0.887. The third kappa shape index (κ3) is 1.10. The number of nitrogens with zero attached hydrogens (tertiary/aromatic N) is 1. The van der Waals surface area contributed by atoms with Gasteiger partial charge < -0.3 is 14.1 Å². The van der Waals surface area contributed by atoms with Crippen molar-refractivity contribution in [2.24, 2.45) is 0 Å². The van der Waals surface area contributed by atoms with E-state index < -0.39 is 0 Å². The van der Waals surface area contributed by atoms with Crippen LogP contribution in [0.15, 0.2) is 22.8 Å². The minimum absolute atomic E-state index is 0.224. The molecule has 2 heterocycles. The van der Waals surface area contributed by atoms with Crippen LogP contribution in [0.2, 0.25) is 0 Å². The Hall–Kier alpha value is -0.960. The molecule has 0 aliphatic carbocycles. The highest BCUT2D eigenvalue weighted by molar-refractivity contribution is 5.38. The third-order valence-corrected chi connectivity index (χ3v) is 2.19. The van der Waals surface area contributed by atoms with Crippen LogP contribution in [0.5, 0.6) is 0 Å². The summed E-state index contributed by atoms with van der Waals surface area (Å²) >= 11 is 0. The molecule has 3 nitrogen and oxygen atoms in total. The van der Waals surface area contributed by atoms with Crippen LogP contribution in [-0.4, -0.2) is 18.9 Å². The van der Waals surface area contributed by atoms with Crippen LogP contribution in [0.3, 0.4) is 0 Å². The van der Waals surface area contributed by atoms with Crippen LogP contribution < -0.4 is 4.90 Å². The van der Waals surface area contributed by atoms with Crippen molar-refractivity contribution >= 4 is 5.88 Å². The molecule has 1 aliphatic rings. The predicted octanol–water partition coefficient (Wildman–Crippen LogP) is 1.85. The van der Waals surface area contributed by atoms with E-state index in [1.54, 1.807) is 6.26 Å². The largest absolute Gasteiger partial charge is 0.449 e. The number of furan rings is 1. The van der Waals surface area contributed by atoms with Crippen molar-refractivity contribution in [2.75, 3.05) is 18.1 Å². The maximum Gasteiger partial charge on any atom is 0.197 e. The summed E-state index contributed by atoms with van der Waals surface area (Å²) in [7, 11) is 0. The molecule has 12 heavy (non-hydrogen) atoms. The first-order valence-corrected chi connectivity index (χ1v) is 4.15. The Morgan fingerprint density at radius 3 is 2.83 bits per heavy atom. The Labute approximate surface area is 71.9 Å². The highest BCUT2D eigenvalue weighted by atomic mass is 16.5. The predicted molar refractivity (Wildman–Crippen MR) is 46.1 cm³/mol. The van der Waals surface area contributed by atoms with E-state index in [0.29, 0.717) is 0 Å². The lowest BCUT2D eigenvalue weighted by molar-refractivity contribution is 0.0367. The molecule has 66 valence electrons. The van der Waals surface area contributed by atoms with Gasteiger partial charge in [-0.2, -0.15) is 0 Å². The van der Waals surface area contributed by atoms with Gasteiger partial charge in [0.1, 0.15) is 5.72 Å². The highest BCUT2D eigenvalue weighted by Gasteiger charge is 2.34. The van der Waals surface area contributed by atoms with Gasteiger partial charge in [0.15, 0.2) is 5.88 Å². The molecule has 0 N–H and O–H groups in total.